The van der Waals surface area contributed by atoms with Gasteiger partial charge in [-0.15, -0.1) is 0 Å². The van der Waals surface area contributed by atoms with Crippen molar-refractivity contribution in [3.05, 3.63) is 142 Å². The Morgan fingerprint density at radius 1 is 0.936 bits per heavy atom. The molecule has 1 aliphatic heterocycles. The number of hydrogen-bond donors (Lipinski definition) is 1. The Hall–Kier alpha value is -5.09. The van der Waals surface area contributed by atoms with E-state index in [1.807, 2.05) is 66.7 Å². The van der Waals surface area contributed by atoms with E-state index in [0.29, 0.717) is 24.0 Å². The lowest BCUT2D eigenvalue weighted by Crippen LogP contribution is -2.24. The zero-order valence-electron chi connectivity index (χ0n) is 26.3. The minimum Gasteiger partial charge on any atom is -0.488 e. The Morgan fingerprint density at radius 3 is 2.38 bits per heavy atom. The zero-order valence-corrected chi connectivity index (χ0v) is 26.3. The average molecular weight is 633 g/mol. The van der Waals surface area contributed by atoms with Gasteiger partial charge in [0.05, 0.1) is 16.8 Å². The number of carbonyl (C=O) groups excluding carboxylic acids is 1. The molecule has 47 heavy (non-hydrogen) atoms. The normalized spacial score (nSPS) is 19.1. The molecule has 0 spiro atoms. The van der Waals surface area contributed by atoms with Crippen LogP contribution in [0.25, 0.3) is 5.70 Å². The number of nitrogens with one attached hydrogen (secondary N) is 1. The zero-order chi connectivity index (χ0) is 33.0. The van der Waals surface area contributed by atoms with Crippen molar-refractivity contribution in [3.63, 3.8) is 0 Å². The molecule has 2 unspecified atom stereocenters. The summed E-state index contributed by atoms with van der Waals surface area (Å²) in [7, 11) is 0. The SMILES string of the molecule is CCC1=CC2C(=C(COc3cccc(C(F)(F)F)c3C3=NC(=O)NC(c4ccc(C#Cc5ccccc5)cc4)=CCC3)C=C1)C2CC. The summed E-state index contributed by atoms with van der Waals surface area (Å²) in [5.41, 5.74) is 5.50. The number of amides is 2. The molecule has 6 rings (SSSR count). The number of rotatable bonds is 7. The molecule has 3 aromatic carbocycles. The van der Waals surface area contributed by atoms with Crippen molar-refractivity contribution < 1.29 is 22.7 Å². The van der Waals surface area contributed by atoms with Crippen molar-refractivity contribution in [2.24, 2.45) is 16.8 Å². The molecule has 0 radical (unpaired) electrons. The van der Waals surface area contributed by atoms with E-state index in [1.54, 1.807) is 0 Å². The highest BCUT2D eigenvalue weighted by atomic mass is 19.4. The first-order valence-electron chi connectivity index (χ1n) is 16.0. The summed E-state index contributed by atoms with van der Waals surface area (Å²) >= 11 is 0. The van der Waals surface area contributed by atoms with Crippen LogP contribution in [0, 0.1) is 23.7 Å². The van der Waals surface area contributed by atoms with Crippen LogP contribution in [-0.4, -0.2) is 18.3 Å². The molecule has 2 amide bonds. The summed E-state index contributed by atoms with van der Waals surface area (Å²) in [5, 5.41) is 2.77. The minimum atomic E-state index is -4.67. The number of halogens is 3. The molecule has 7 heteroatoms. The molecular formula is C40H35F3N2O2. The number of ether oxygens (including phenoxy) is 1. The van der Waals surface area contributed by atoms with E-state index in [9.17, 15) is 18.0 Å². The van der Waals surface area contributed by atoms with Gasteiger partial charge in [-0.1, -0.05) is 97.5 Å². The monoisotopic (exact) mass is 632 g/mol. The Balaban J connectivity index is 1.23. The van der Waals surface area contributed by atoms with Gasteiger partial charge in [0.15, 0.2) is 0 Å². The van der Waals surface area contributed by atoms with Crippen molar-refractivity contribution in [1.82, 2.24) is 5.32 Å². The summed E-state index contributed by atoms with van der Waals surface area (Å²) in [4.78, 5) is 17.3. The summed E-state index contributed by atoms with van der Waals surface area (Å²) < 4.78 is 49.3. The highest BCUT2D eigenvalue weighted by molar-refractivity contribution is 6.10. The molecule has 2 atom stereocenters. The summed E-state index contributed by atoms with van der Waals surface area (Å²) in [6.45, 7) is 4.39. The molecule has 1 heterocycles. The number of aliphatic imine (C=N–C) groups is 1. The number of benzene rings is 3. The second kappa shape index (κ2) is 13.7. The van der Waals surface area contributed by atoms with Gasteiger partial charge in [0.2, 0.25) is 0 Å². The van der Waals surface area contributed by atoms with Gasteiger partial charge < -0.3 is 10.1 Å². The Morgan fingerprint density at radius 2 is 1.68 bits per heavy atom. The number of carbonyl (C=O) groups is 1. The van der Waals surface area contributed by atoms with E-state index in [1.165, 1.54) is 23.3 Å². The van der Waals surface area contributed by atoms with Crippen molar-refractivity contribution in [2.45, 2.75) is 45.7 Å². The highest BCUT2D eigenvalue weighted by Gasteiger charge is 2.43. The van der Waals surface area contributed by atoms with E-state index < -0.39 is 17.8 Å². The number of urea groups is 1. The largest absolute Gasteiger partial charge is 0.488 e. The number of hydrogen-bond acceptors (Lipinski definition) is 2. The molecule has 3 aliphatic rings. The molecule has 3 aromatic rings. The molecule has 4 nitrogen and oxygen atoms in total. The van der Waals surface area contributed by atoms with E-state index in [2.05, 4.69) is 48.1 Å². The van der Waals surface area contributed by atoms with Crippen LogP contribution in [0.2, 0.25) is 0 Å². The van der Waals surface area contributed by atoms with Crippen molar-refractivity contribution in [2.75, 3.05) is 6.61 Å². The first-order valence-corrected chi connectivity index (χ1v) is 16.0. The van der Waals surface area contributed by atoms with Gasteiger partial charge in [-0.3, -0.25) is 0 Å². The maximum Gasteiger partial charge on any atom is 0.417 e. The third-order valence-corrected chi connectivity index (χ3v) is 8.73. The average Bonchev–Trinajstić information content (AvgIpc) is 3.79. The number of nitrogens with zero attached hydrogens (tertiary/aromatic N) is 1. The summed E-state index contributed by atoms with van der Waals surface area (Å²) in [6, 6.07) is 20.2. The van der Waals surface area contributed by atoms with E-state index in [-0.39, 0.29) is 30.1 Å². The van der Waals surface area contributed by atoms with Crippen molar-refractivity contribution in [1.29, 1.82) is 0 Å². The predicted molar refractivity (Wildman–Crippen MR) is 180 cm³/mol. The molecule has 1 fully saturated rings. The van der Waals surface area contributed by atoms with Crippen LogP contribution in [0.4, 0.5) is 18.0 Å². The fraction of sp³-hybridized carbons (Fsp3) is 0.250. The standard InChI is InChI=1S/C40H35F3N2O2/c1-3-26-18-23-30(37-31(4-2)32(37)24-26)25-47-36-15-8-12-33(40(41,42)43)38(36)35-14-9-13-34(44-39(46)45-35)29-21-19-28(20-22-29)17-16-27-10-6-5-7-11-27/h5-8,10-13,15,18-24,31-32H,3-4,9,14,25H2,1-2H3,(H,44,46). The van der Waals surface area contributed by atoms with Crippen LogP contribution >= 0.6 is 0 Å². The van der Waals surface area contributed by atoms with Gasteiger partial charge in [-0.05, 0) is 79.1 Å². The first kappa shape index (κ1) is 31.9. The highest BCUT2D eigenvalue weighted by Crippen LogP contribution is 2.53. The topological polar surface area (TPSA) is 50.7 Å². The molecule has 0 bridgehead atoms. The van der Waals surface area contributed by atoms with Gasteiger partial charge >= 0.3 is 12.2 Å². The van der Waals surface area contributed by atoms with E-state index in [4.69, 9.17) is 4.74 Å². The Bertz CT molecular complexity index is 1890. The fourth-order valence-corrected chi connectivity index (χ4v) is 6.27. The lowest BCUT2D eigenvalue weighted by molar-refractivity contribution is -0.137. The number of allylic oxidation sites excluding steroid dienone is 5. The van der Waals surface area contributed by atoms with Crippen LogP contribution in [-0.2, 0) is 6.18 Å². The second-order valence-electron chi connectivity index (χ2n) is 11.8. The molecule has 238 valence electrons. The predicted octanol–water partition coefficient (Wildman–Crippen LogP) is 9.68. The van der Waals surface area contributed by atoms with Crippen LogP contribution in [0.3, 0.4) is 0 Å². The van der Waals surface area contributed by atoms with Crippen molar-refractivity contribution in [3.8, 4) is 17.6 Å². The third-order valence-electron chi connectivity index (χ3n) is 8.73. The second-order valence-corrected chi connectivity index (χ2v) is 11.8. The maximum absolute atomic E-state index is 14.4. The van der Waals surface area contributed by atoms with Crippen LogP contribution in [0.1, 0.15) is 67.3 Å². The quantitative estimate of drug-likeness (QED) is 0.264. The van der Waals surface area contributed by atoms with Crippen LogP contribution < -0.4 is 10.1 Å². The summed E-state index contributed by atoms with van der Waals surface area (Å²) in [5.74, 6) is 7.08. The van der Waals surface area contributed by atoms with E-state index in [0.717, 1.165) is 41.2 Å². The van der Waals surface area contributed by atoms with Crippen LogP contribution in [0.15, 0.2) is 119 Å². The van der Waals surface area contributed by atoms with Gasteiger partial charge in [0, 0.05) is 22.7 Å². The smallest absolute Gasteiger partial charge is 0.417 e. The van der Waals surface area contributed by atoms with Crippen LogP contribution in [0.5, 0.6) is 5.75 Å². The maximum atomic E-state index is 14.4. The molecule has 0 saturated heterocycles. The third kappa shape index (κ3) is 7.33. The number of fused-ring (bicyclic) bond motifs is 1. The van der Waals surface area contributed by atoms with Gasteiger partial charge in [-0.2, -0.15) is 18.2 Å². The van der Waals surface area contributed by atoms with E-state index >= 15 is 0 Å². The minimum absolute atomic E-state index is 0.0342. The lowest BCUT2D eigenvalue weighted by atomic mass is 9.97. The molecule has 1 saturated carbocycles. The summed E-state index contributed by atoms with van der Waals surface area (Å²) in [6.07, 6.45) is 5.93. The fourth-order valence-electron chi connectivity index (χ4n) is 6.27. The Kier molecular flexibility index (Phi) is 9.31. The molecule has 0 aromatic heterocycles. The number of alkyl halides is 3. The molecule has 2 aliphatic carbocycles. The Labute approximate surface area is 273 Å². The first-order chi connectivity index (χ1) is 22.7. The molecule has 1 N–H and O–H groups in total. The lowest BCUT2D eigenvalue weighted by Gasteiger charge is -2.20. The van der Waals surface area contributed by atoms with Gasteiger partial charge in [0.1, 0.15) is 12.4 Å². The molecular weight excluding hydrogens is 597 g/mol. The van der Waals surface area contributed by atoms with Crippen molar-refractivity contribution >= 4 is 17.4 Å². The van der Waals surface area contributed by atoms with Gasteiger partial charge in [0.25, 0.3) is 0 Å². The van der Waals surface area contributed by atoms with Gasteiger partial charge in [-0.25, -0.2) is 4.79 Å².